The Morgan fingerprint density at radius 3 is 2.65 bits per heavy atom. The largest absolute Gasteiger partial charge is 0.449 e. The van der Waals surface area contributed by atoms with Crippen LogP contribution in [0.5, 0.6) is 0 Å². The molecule has 5 heteroatoms. The standard InChI is InChI=1S/C21H22N2O2S/c1-3-4-13-25-21(24)22-17-11-9-16(10-12-17)19-14-26-20(23-19)18-8-6-5-7-15(18)2/h5-12,14H,3-4,13H2,1-2H3,(H,22,24). The molecule has 26 heavy (non-hydrogen) atoms. The van der Waals surface area contributed by atoms with Crippen molar-refractivity contribution in [2.75, 3.05) is 11.9 Å². The van der Waals surface area contributed by atoms with E-state index in [0.717, 1.165) is 34.7 Å². The number of carbonyl (C=O) groups is 1. The second-order valence-corrected chi connectivity index (χ2v) is 6.90. The van der Waals surface area contributed by atoms with Gasteiger partial charge < -0.3 is 4.74 Å². The molecule has 0 bridgehead atoms. The van der Waals surface area contributed by atoms with Crippen LogP contribution in [0, 0.1) is 6.92 Å². The van der Waals surface area contributed by atoms with E-state index in [0.29, 0.717) is 12.3 Å². The molecular formula is C21H22N2O2S. The summed E-state index contributed by atoms with van der Waals surface area (Å²) in [5, 5.41) is 5.81. The highest BCUT2D eigenvalue weighted by atomic mass is 32.1. The van der Waals surface area contributed by atoms with Crippen molar-refractivity contribution in [1.82, 2.24) is 4.98 Å². The molecule has 4 nitrogen and oxygen atoms in total. The normalized spacial score (nSPS) is 10.5. The van der Waals surface area contributed by atoms with Gasteiger partial charge in [0.25, 0.3) is 0 Å². The second kappa shape index (κ2) is 8.63. The molecule has 0 saturated carbocycles. The molecule has 0 atom stereocenters. The van der Waals surface area contributed by atoms with Gasteiger partial charge in [-0.05, 0) is 31.0 Å². The Balaban J connectivity index is 1.68. The Morgan fingerprint density at radius 1 is 1.15 bits per heavy atom. The molecule has 0 aliphatic rings. The Labute approximate surface area is 157 Å². The van der Waals surface area contributed by atoms with Crippen molar-refractivity contribution in [2.24, 2.45) is 0 Å². The third-order valence-corrected chi connectivity index (χ3v) is 4.91. The van der Waals surface area contributed by atoms with Crippen molar-refractivity contribution < 1.29 is 9.53 Å². The minimum absolute atomic E-state index is 0.415. The van der Waals surface area contributed by atoms with Gasteiger partial charge in [0.05, 0.1) is 12.3 Å². The smallest absolute Gasteiger partial charge is 0.411 e. The van der Waals surface area contributed by atoms with Crippen LogP contribution in [0.15, 0.2) is 53.9 Å². The van der Waals surface area contributed by atoms with E-state index in [4.69, 9.17) is 9.72 Å². The number of nitrogens with zero attached hydrogens (tertiary/aromatic N) is 1. The van der Waals surface area contributed by atoms with Gasteiger partial charge in [0.15, 0.2) is 0 Å². The maximum absolute atomic E-state index is 11.7. The van der Waals surface area contributed by atoms with E-state index < -0.39 is 6.09 Å². The van der Waals surface area contributed by atoms with Gasteiger partial charge in [-0.1, -0.05) is 49.7 Å². The van der Waals surface area contributed by atoms with Crippen LogP contribution in [-0.4, -0.2) is 17.7 Å². The lowest BCUT2D eigenvalue weighted by Crippen LogP contribution is -2.14. The maximum Gasteiger partial charge on any atom is 0.411 e. The number of aromatic nitrogens is 1. The predicted molar refractivity (Wildman–Crippen MR) is 108 cm³/mol. The highest BCUT2D eigenvalue weighted by Crippen LogP contribution is 2.31. The zero-order valence-corrected chi connectivity index (χ0v) is 15.8. The fourth-order valence-corrected chi connectivity index (χ4v) is 3.45. The summed E-state index contributed by atoms with van der Waals surface area (Å²) in [6.07, 6.45) is 1.46. The van der Waals surface area contributed by atoms with Crippen molar-refractivity contribution in [3.63, 3.8) is 0 Å². The van der Waals surface area contributed by atoms with E-state index in [1.807, 2.05) is 36.4 Å². The fraction of sp³-hybridized carbons (Fsp3) is 0.238. The number of thiazole rings is 1. The van der Waals surface area contributed by atoms with Crippen molar-refractivity contribution in [3.05, 3.63) is 59.5 Å². The van der Waals surface area contributed by atoms with Crippen molar-refractivity contribution in [3.8, 4) is 21.8 Å². The predicted octanol–water partition coefficient (Wildman–Crippen LogP) is 6.13. The minimum atomic E-state index is -0.415. The Morgan fingerprint density at radius 2 is 1.92 bits per heavy atom. The van der Waals surface area contributed by atoms with Gasteiger partial charge in [0.1, 0.15) is 5.01 Å². The highest BCUT2D eigenvalue weighted by molar-refractivity contribution is 7.13. The molecule has 3 aromatic rings. The van der Waals surface area contributed by atoms with Crippen molar-refractivity contribution >= 4 is 23.1 Å². The average molecular weight is 366 g/mol. The summed E-state index contributed by atoms with van der Waals surface area (Å²) in [5.41, 5.74) is 5.05. The number of amides is 1. The monoisotopic (exact) mass is 366 g/mol. The molecule has 2 aromatic carbocycles. The van der Waals surface area contributed by atoms with Crippen LogP contribution in [0.25, 0.3) is 21.8 Å². The van der Waals surface area contributed by atoms with Crippen LogP contribution < -0.4 is 5.32 Å². The molecule has 1 heterocycles. The summed E-state index contributed by atoms with van der Waals surface area (Å²) >= 11 is 1.64. The van der Waals surface area contributed by atoms with E-state index in [1.54, 1.807) is 11.3 Å². The first kappa shape index (κ1) is 18.1. The summed E-state index contributed by atoms with van der Waals surface area (Å²) in [7, 11) is 0. The van der Waals surface area contributed by atoms with Gasteiger partial charge in [0.2, 0.25) is 0 Å². The van der Waals surface area contributed by atoms with E-state index in [-0.39, 0.29) is 0 Å². The number of hydrogen-bond acceptors (Lipinski definition) is 4. The number of rotatable bonds is 6. The van der Waals surface area contributed by atoms with E-state index in [2.05, 4.69) is 36.7 Å². The summed E-state index contributed by atoms with van der Waals surface area (Å²) in [4.78, 5) is 16.4. The first-order valence-electron chi connectivity index (χ1n) is 8.73. The Kier molecular flexibility index (Phi) is 6.02. The highest BCUT2D eigenvalue weighted by Gasteiger charge is 2.09. The molecule has 0 saturated heterocycles. The van der Waals surface area contributed by atoms with Gasteiger partial charge in [0, 0.05) is 22.2 Å². The van der Waals surface area contributed by atoms with E-state index >= 15 is 0 Å². The summed E-state index contributed by atoms with van der Waals surface area (Å²) in [6, 6.07) is 15.9. The van der Waals surface area contributed by atoms with Crippen LogP contribution in [0.3, 0.4) is 0 Å². The first-order valence-corrected chi connectivity index (χ1v) is 9.61. The first-order chi connectivity index (χ1) is 12.7. The van der Waals surface area contributed by atoms with Crippen molar-refractivity contribution in [1.29, 1.82) is 0 Å². The topological polar surface area (TPSA) is 51.2 Å². The zero-order valence-electron chi connectivity index (χ0n) is 15.0. The Hall–Kier alpha value is -2.66. The van der Waals surface area contributed by atoms with Gasteiger partial charge in [-0.2, -0.15) is 0 Å². The minimum Gasteiger partial charge on any atom is -0.449 e. The van der Waals surface area contributed by atoms with Gasteiger partial charge in [-0.25, -0.2) is 9.78 Å². The lowest BCUT2D eigenvalue weighted by atomic mass is 10.1. The van der Waals surface area contributed by atoms with Gasteiger partial charge in [-0.3, -0.25) is 5.32 Å². The quantitative estimate of drug-likeness (QED) is 0.534. The fourth-order valence-electron chi connectivity index (χ4n) is 2.53. The number of benzene rings is 2. The lowest BCUT2D eigenvalue weighted by Gasteiger charge is -2.07. The van der Waals surface area contributed by atoms with Crippen LogP contribution in [0.1, 0.15) is 25.3 Å². The molecule has 1 amide bonds. The third-order valence-electron chi connectivity index (χ3n) is 4.04. The number of carbonyl (C=O) groups excluding carboxylic acids is 1. The Bertz CT molecular complexity index is 872. The van der Waals surface area contributed by atoms with E-state index in [9.17, 15) is 4.79 Å². The molecule has 0 radical (unpaired) electrons. The summed E-state index contributed by atoms with van der Waals surface area (Å²) < 4.78 is 5.10. The third kappa shape index (κ3) is 4.49. The SMILES string of the molecule is CCCCOC(=O)Nc1ccc(-c2csc(-c3ccccc3C)n2)cc1. The molecule has 0 fully saturated rings. The zero-order chi connectivity index (χ0) is 18.4. The summed E-state index contributed by atoms with van der Waals surface area (Å²) in [5.74, 6) is 0. The number of hydrogen-bond donors (Lipinski definition) is 1. The molecule has 0 unspecified atom stereocenters. The number of unbranched alkanes of at least 4 members (excludes halogenated alkanes) is 1. The second-order valence-electron chi connectivity index (χ2n) is 6.04. The average Bonchev–Trinajstić information content (AvgIpc) is 3.13. The van der Waals surface area contributed by atoms with Crippen LogP contribution in [0.4, 0.5) is 10.5 Å². The molecule has 0 aliphatic carbocycles. The van der Waals surface area contributed by atoms with E-state index in [1.165, 1.54) is 5.56 Å². The maximum atomic E-state index is 11.7. The molecule has 1 aromatic heterocycles. The molecule has 3 rings (SSSR count). The van der Waals surface area contributed by atoms with Crippen molar-refractivity contribution in [2.45, 2.75) is 26.7 Å². The lowest BCUT2D eigenvalue weighted by molar-refractivity contribution is 0.160. The van der Waals surface area contributed by atoms with Crippen LogP contribution in [0.2, 0.25) is 0 Å². The van der Waals surface area contributed by atoms with Crippen LogP contribution in [-0.2, 0) is 4.74 Å². The molecule has 134 valence electrons. The molecule has 1 N–H and O–H groups in total. The van der Waals surface area contributed by atoms with Gasteiger partial charge in [-0.15, -0.1) is 11.3 Å². The molecule has 0 aliphatic heterocycles. The number of anilines is 1. The summed E-state index contributed by atoms with van der Waals surface area (Å²) in [6.45, 7) is 4.60. The molecular weight excluding hydrogens is 344 g/mol. The van der Waals surface area contributed by atoms with Crippen LogP contribution >= 0.6 is 11.3 Å². The van der Waals surface area contributed by atoms with Gasteiger partial charge >= 0.3 is 6.09 Å². The molecule has 0 spiro atoms. The number of aryl methyl sites for hydroxylation is 1. The number of nitrogens with one attached hydrogen (secondary N) is 1. The number of ether oxygens (including phenoxy) is 1.